The van der Waals surface area contributed by atoms with Gasteiger partial charge in [0.2, 0.25) is 5.91 Å². The van der Waals surface area contributed by atoms with Gasteiger partial charge in [0.05, 0.1) is 13.7 Å². The number of amides is 1. The number of hydrogen-bond donors (Lipinski definition) is 2. The lowest BCUT2D eigenvalue weighted by Crippen LogP contribution is -2.50. The fourth-order valence-corrected chi connectivity index (χ4v) is 6.14. The zero-order valence-corrected chi connectivity index (χ0v) is 21.7. The number of H-pyrrole nitrogens is 1. The van der Waals surface area contributed by atoms with E-state index in [9.17, 15) is 18.7 Å². The van der Waals surface area contributed by atoms with Gasteiger partial charge in [-0.2, -0.15) is 0 Å². The van der Waals surface area contributed by atoms with Gasteiger partial charge in [-0.3, -0.25) is 9.69 Å². The Bertz CT molecular complexity index is 1270. The summed E-state index contributed by atoms with van der Waals surface area (Å²) in [5, 5.41) is 11.5. The maximum Gasteiger partial charge on any atom is 0.246 e. The van der Waals surface area contributed by atoms with Gasteiger partial charge in [0, 0.05) is 48.4 Å². The molecule has 1 atom stereocenters. The van der Waals surface area contributed by atoms with E-state index < -0.39 is 11.6 Å². The van der Waals surface area contributed by atoms with Gasteiger partial charge in [-0.05, 0) is 98.1 Å². The molecule has 0 spiro atoms. The first-order valence-corrected chi connectivity index (χ1v) is 13.4. The molecule has 0 radical (unpaired) electrons. The van der Waals surface area contributed by atoms with Crippen LogP contribution in [0.5, 0.6) is 5.75 Å². The summed E-state index contributed by atoms with van der Waals surface area (Å²) in [5.74, 6) is 0.144. The van der Waals surface area contributed by atoms with Crippen LogP contribution in [-0.4, -0.2) is 71.7 Å². The number of benzene rings is 2. The summed E-state index contributed by atoms with van der Waals surface area (Å²) in [6.07, 6.45) is 8.66. The zero-order chi connectivity index (χ0) is 26.6. The topological polar surface area (TPSA) is 68.8 Å². The van der Waals surface area contributed by atoms with Crippen LogP contribution in [0.15, 0.2) is 48.7 Å². The molecule has 0 saturated carbocycles. The highest BCUT2D eigenvalue weighted by molar-refractivity contribution is 5.91. The molecule has 5 rings (SSSR count). The molecule has 2 saturated heterocycles. The monoisotopic (exact) mass is 523 g/mol. The van der Waals surface area contributed by atoms with Gasteiger partial charge in [-0.25, -0.2) is 8.78 Å². The molecule has 8 heteroatoms. The predicted molar refractivity (Wildman–Crippen MR) is 144 cm³/mol. The van der Waals surface area contributed by atoms with Crippen molar-refractivity contribution < 1.29 is 23.4 Å². The van der Waals surface area contributed by atoms with Gasteiger partial charge in [0.15, 0.2) is 0 Å². The third-order valence-corrected chi connectivity index (χ3v) is 8.25. The highest BCUT2D eigenvalue weighted by Gasteiger charge is 2.34. The van der Waals surface area contributed by atoms with Crippen LogP contribution in [0.1, 0.15) is 42.7 Å². The summed E-state index contributed by atoms with van der Waals surface area (Å²) in [7, 11) is 1.69. The third kappa shape index (κ3) is 5.76. The van der Waals surface area contributed by atoms with Crippen LogP contribution in [0.4, 0.5) is 8.78 Å². The maximum atomic E-state index is 13.4. The lowest BCUT2D eigenvalue weighted by molar-refractivity contribution is -0.127. The molecule has 3 aromatic rings. The second-order valence-electron chi connectivity index (χ2n) is 10.4. The number of carbonyl (C=O) groups is 1. The smallest absolute Gasteiger partial charge is 0.246 e. The van der Waals surface area contributed by atoms with E-state index in [1.807, 2.05) is 6.07 Å². The molecule has 1 aromatic heterocycles. The molecule has 6 nitrogen and oxygen atoms in total. The maximum absolute atomic E-state index is 13.4. The number of aliphatic hydroxyl groups excluding tert-OH is 1. The minimum Gasteiger partial charge on any atom is -0.497 e. The van der Waals surface area contributed by atoms with E-state index in [1.165, 1.54) is 35.2 Å². The fraction of sp³-hybridized carbons (Fsp3) is 0.433. The molecule has 2 aliphatic heterocycles. The quantitative estimate of drug-likeness (QED) is 0.430. The summed E-state index contributed by atoms with van der Waals surface area (Å²) in [6, 6.07) is 9.42. The van der Waals surface area contributed by atoms with Gasteiger partial charge in [0.1, 0.15) is 17.4 Å². The van der Waals surface area contributed by atoms with Crippen molar-refractivity contribution in [3.63, 3.8) is 0 Å². The molecular weight excluding hydrogens is 488 g/mol. The van der Waals surface area contributed by atoms with Crippen LogP contribution in [-0.2, 0) is 4.79 Å². The second-order valence-corrected chi connectivity index (χ2v) is 10.4. The molecule has 0 bridgehead atoms. The Morgan fingerprint density at radius 1 is 1.08 bits per heavy atom. The summed E-state index contributed by atoms with van der Waals surface area (Å²) < 4.78 is 32.2. The first kappa shape index (κ1) is 26.4. The third-order valence-electron chi connectivity index (χ3n) is 8.25. The number of nitrogens with one attached hydrogen (secondary N) is 1. The Kier molecular flexibility index (Phi) is 8.09. The normalized spacial score (nSPS) is 18.9. The molecule has 1 amide bonds. The van der Waals surface area contributed by atoms with E-state index >= 15 is 0 Å². The number of rotatable bonds is 7. The van der Waals surface area contributed by atoms with Crippen molar-refractivity contribution in [2.24, 2.45) is 5.92 Å². The summed E-state index contributed by atoms with van der Waals surface area (Å²) in [5.41, 5.74) is 2.77. The number of nitrogens with zero attached hydrogens (tertiary/aromatic N) is 2. The van der Waals surface area contributed by atoms with Crippen molar-refractivity contribution >= 4 is 22.9 Å². The second kappa shape index (κ2) is 11.7. The minimum absolute atomic E-state index is 0.0853. The molecule has 0 aliphatic carbocycles. The molecule has 2 aliphatic rings. The van der Waals surface area contributed by atoms with E-state index in [1.54, 1.807) is 12.0 Å². The molecule has 2 aromatic carbocycles. The van der Waals surface area contributed by atoms with Crippen LogP contribution >= 0.6 is 0 Å². The van der Waals surface area contributed by atoms with Crippen molar-refractivity contribution in [3.8, 4) is 5.75 Å². The molecule has 38 heavy (non-hydrogen) atoms. The Labute approximate surface area is 221 Å². The fourth-order valence-electron chi connectivity index (χ4n) is 6.14. The van der Waals surface area contributed by atoms with Gasteiger partial charge in [-0.15, -0.1) is 0 Å². The first-order chi connectivity index (χ1) is 18.4. The van der Waals surface area contributed by atoms with Crippen LogP contribution in [0.25, 0.3) is 17.0 Å². The van der Waals surface area contributed by atoms with Crippen LogP contribution in [0.2, 0.25) is 0 Å². The van der Waals surface area contributed by atoms with Crippen LogP contribution in [0, 0.1) is 17.6 Å². The number of halogens is 2. The van der Waals surface area contributed by atoms with Crippen molar-refractivity contribution in [1.82, 2.24) is 14.8 Å². The highest BCUT2D eigenvalue weighted by atomic mass is 19.1. The van der Waals surface area contributed by atoms with Gasteiger partial charge < -0.3 is 19.7 Å². The average molecular weight is 524 g/mol. The molecule has 3 heterocycles. The number of fused-ring (bicyclic) bond motifs is 1. The number of hydrogen-bond acceptors (Lipinski definition) is 4. The SMILES string of the molecule is COc1ccc2[nH]cc(C3CCN(C(CO)C4CCN(C(=O)/C=C/c5cc(F)cc(F)c5)CC4)CC3)c2c1. The van der Waals surface area contributed by atoms with Gasteiger partial charge in [0.25, 0.3) is 0 Å². The van der Waals surface area contributed by atoms with E-state index in [2.05, 4.69) is 28.2 Å². The Morgan fingerprint density at radius 2 is 1.79 bits per heavy atom. The number of likely N-dealkylation sites (tertiary alicyclic amines) is 2. The molecular formula is C30H35F2N3O3. The summed E-state index contributed by atoms with van der Waals surface area (Å²) in [6.45, 7) is 3.18. The Balaban J connectivity index is 1.14. The van der Waals surface area contributed by atoms with Crippen LogP contribution in [0.3, 0.4) is 0 Å². The number of aliphatic hydroxyl groups is 1. The average Bonchev–Trinajstić information content (AvgIpc) is 3.35. The highest BCUT2D eigenvalue weighted by Crippen LogP contribution is 2.36. The van der Waals surface area contributed by atoms with Crippen molar-refractivity contribution in [2.45, 2.75) is 37.6 Å². The summed E-state index contributed by atoms with van der Waals surface area (Å²) in [4.78, 5) is 20.2. The van der Waals surface area contributed by atoms with Crippen molar-refractivity contribution in [1.29, 1.82) is 0 Å². The molecule has 2 fully saturated rings. The van der Waals surface area contributed by atoms with Gasteiger partial charge >= 0.3 is 0 Å². The lowest BCUT2D eigenvalue weighted by atomic mass is 9.84. The largest absolute Gasteiger partial charge is 0.497 e. The van der Waals surface area contributed by atoms with Gasteiger partial charge in [-0.1, -0.05) is 0 Å². The number of aromatic nitrogens is 1. The first-order valence-electron chi connectivity index (χ1n) is 13.4. The predicted octanol–water partition coefficient (Wildman–Crippen LogP) is 4.95. The number of ether oxygens (including phenoxy) is 1. The minimum atomic E-state index is -0.668. The molecule has 2 N–H and O–H groups in total. The standard InChI is InChI=1S/C30H35F2N3O3/c1-38-25-3-4-28-26(17-25)27(18-33-28)21-6-10-34(11-7-21)29(19-36)22-8-12-35(13-9-22)30(37)5-2-20-14-23(31)16-24(32)15-20/h2-5,14-18,21-22,29,33,36H,6-13,19H2,1H3/b5-2+. The number of carbonyl (C=O) groups excluding carboxylic acids is 1. The number of piperidine rings is 2. The lowest BCUT2D eigenvalue weighted by Gasteiger charge is -2.43. The van der Waals surface area contributed by atoms with E-state index in [4.69, 9.17) is 4.74 Å². The molecule has 202 valence electrons. The Morgan fingerprint density at radius 3 is 2.45 bits per heavy atom. The Hall–Kier alpha value is -3.23. The van der Waals surface area contributed by atoms with Crippen molar-refractivity contribution in [3.05, 3.63) is 71.4 Å². The van der Waals surface area contributed by atoms with Crippen LogP contribution < -0.4 is 4.74 Å². The van der Waals surface area contributed by atoms with E-state index in [-0.39, 0.29) is 18.6 Å². The summed E-state index contributed by atoms with van der Waals surface area (Å²) >= 11 is 0. The molecule has 1 unspecified atom stereocenters. The number of aromatic amines is 1. The van der Waals surface area contributed by atoms with E-state index in [0.717, 1.165) is 56.1 Å². The number of methoxy groups -OCH3 is 1. The van der Waals surface area contributed by atoms with E-state index in [0.29, 0.717) is 30.5 Å². The van der Waals surface area contributed by atoms with Crippen molar-refractivity contribution in [2.75, 3.05) is 39.9 Å². The zero-order valence-electron chi connectivity index (χ0n) is 21.7.